The number of carbonyl (C=O) groups excluding carboxylic acids is 4. The third-order valence-corrected chi connectivity index (χ3v) is 9.79. The van der Waals surface area contributed by atoms with Gasteiger partial charge in [0.25, 0.3) is 0 Å². The van der Waals surface area contributed by atoms with E-state index in [2.05, 4.69) is 67.6 Å². The largest absolute Gasteiger partial charge is 0.490 e. The number of thiazole rings is 1. The summed E-state index contributed by atoms with van der Waals surface area (Å²) in [7, 11) is 1.60. The Kier molecular flexibility index (Phi) is 19.9. The number of aromatic nitrogens is 1. The predicted octanol–water partition coefficient (Wildman–Crippen LogP) is 6.89. The molecule has 0 spiro atoms. The van der Waals surface area contributed by atoms with Gasteiger partial charge in [-0.1, -0.05) is 74.3 Å². The average molecular weight is 742 g/mol. The van der Waals surface area contributed by atoms with Crippen LogP contribution in [0.2, 0.25) is 5.02 Å². The van der Waals surface area contributed by atoms with Crippen molar-refractivity contribution in [2.45, 2.75) is 92.0 Å². The van der Waals surface area contributed by atoms with Gasteiger partial charge in [0.05, 0.1) is 27.1 Å². The van der Waals surface area contributed by atoms with E-state index in [0.717, 1.165) is 30.8 Å². The van der Waals surface area contributed by atoms with Gasteiger partial charge >= 0.3 is 0 Å². The minimum Gasteiger partial charge on any atom is -0.490 e. The highest BCUT2D eigenvalue weighted by Crippen LogP contribution is 2.30. The fourth-order valence-corrected chi connectivity index (χ4v) is 6.67. The lowest BCUT2D eigenvalue weighted by atomic mass is 9.98. The van der Waals surface area contributed by atoms with E-state index in [9.17, 15) is 19.2 Å². The molecule has 0 radical (unpaired) electrons. The normalized spacial score (nSPS) is 13.2. The number of halogens is 1. The Morgan fingerprint density at radius 3 is 2.31 bits per heavy atom. The van der Waals surface area contributed by atoms with Crippen molar-refractivity contribution in [3.05, 3.63) is 69.8 Å². The lowest BCUT2D eigenvalue weighted by molar-refractivity contribution is -0.134. The number of benzene rings is 2. The quantitative estimate of drug-likeness (QED) is 0.137. The van der Waals surface area contributed by atoms with Gasteiger partial charge in [-0.25, -0.2) is 4.98 Å². The fourth-order valence-electron chi connectivity index (χ4n) is 5.58. The van der Waals surface area contributed by atoms with Gasteiger partial charge in [-0.2, -0.15) is 0 Å². The first-order valence-electron chi connectivity index (χ1n) is 17.7. The van der Waals surface area contributed by atoms with Crippen LogP contribution in [0.3, 0.4) is 0 Å². The number of primary amides is 1. The molecule has 280 valence electrons. The van der Waals surface area contributed by atoms with Crippen LogP contribution in [0.5, 0.6) is 5.75 Å². The standard InChI is InChI=1S/C17H24ClN3O4.C11H21NO.C11H11NS/c1-20-16(24)7-3-5-12-4-2-6-14(17(12)18)25-10-13(21-11-22)8-9-15(19)23;1-9(2)8-10(3)11(13)12-6-4-5-7-12;1-8-3-5-10(6-4-8)11-9(2)12-7-13-11/h2,4,6,11,13H,3,5,7-10H2,1H3,(H2,19,23)(H,20,24)(H,21,22);9-10H,4-8H2,1-3H3;3-7H,1-2H3. The van der Waals surface area contributed by atoms with Crippen LogP contribution in [0, 0.1) is 25.7 Å². The molecule has 1 saturated heterocycles. The molecule has 2 atom stereocenters. The molecule has 2 heterocycles. The van der Waals surface area contributed by atoms with Gasteiger partial charge < -0.3 is 26.0 Å². The molecule has 12 heteroatoms. The van der Waals surface area contributed by atoms with Crippen LogP contribution in [-0.2, 0) is 25.6 Å². The monoisotopic (exact) mass is 741 g/mol. The Morgan fingerprint density at radius 2 is 1.75 bits per heavy atom. The van der Waals surface area contributed by atoms with E-state index >= 15 is 0 Å². The second kappa shape index (κ2) is 23.5. The van der Waals surface area contributed by atoms with Gasteiger partial charge in [-0.05, 0) is 75.5 Å². The molecule has 4 amide bonds. The van der Waals surface area contributed by atoms with Gasteiger partial charge in [0, 0.05) is 38.9 Å². The first kappa shape index (κ1) is 43.2. The number of nitrogens with one attached hydrogen (secondary N) is 2. The Morgan fingerprint density at radius 1 is 1.06 bits per heavy atom. The highest BCUT2D eigenvalue weighted by atomic mass is 35.5. The molecule has 0 aliphatic carbocycles. The number of rotatable bonds is 16. The van der Waals surface area contributed by atoms with Crippen molar-refractivity contribution in [2.24, 2.45) is 17.6 Å². The van der Waals surface area contributed by atoms with Gasteiger partial charge in [0.1, 0.15) is 12.4 Å². The zero-order valence-electron chi connectivity index (χ0n) is 31.0. The van der Waals surface area contributed by atoms with E-state index in [1.807, 2.05) is 29.5 Å². The Bertz CT molecular complexity index is 1510. The number of hydrogen-bond donors (Lipinski definition) is 3. The third-order valence-electron chi connectivity index (χ3n) is 8.38. The first-order chi connectivity index (χ1) is 24.4. The topological polar surface area (TPSA) is 144 Å². The van der Waals surface area contributed by atoms with E-state index in [4.69, 9.17) is 22.1 Å². The second-order valence-electron chi connectivity index (χ2n) is 13.2. The molecule has 3 aromatic rings. The molecule has 1 fully saturated rings. The van der Waals surface area contributed by atoms with Gasteiger partial charge in [0.15, 0.2) is 0 Å². The van der Waals surface area contributed by atoms with Crippen LogP contribution < -0.4 is 21.1 Å². The van der Waals surface area contributed by atoms with E-state index in [1.54, 1.807) is 24.5 Å². The van der Waals surface area contributed by atoms with E-state index < -0.39 is 5.91 Å². The highest BCUT2D eigenvalue weighted by Gasteiger charge is 2.23. The van der Waals surface area contributed by atoms with Gasteiger partial charge in [-0.3, -0.25) is 19.2 Å². The number of ether oxygens (including phenoxy) is 1. The maximum Gasteiger partial charge on any atom is 0.225 e. The number of amides is 4. The summed E-state index contributed by atoms with van der Waals surface area (Å²) in [5.74, 6) is 1.26. The Hall–Kier alpha value is -3.96. The molecule has 2 unspecified atom stereocenters. The number of nitrogens with zero attached hydrogens (tertiary/aromatic N) is 2. The van der Waals surface area contributed by atoms with Crippen LogP contribution in [0.25, 0.3) is 10.4 Å². The summed E-state index contributed by atoms with van der Waals surface area (Å²) in [6, 6.07) is 13.7. The molecule has 0 saturated carbocycles. The molecule has 1 aliphatic rings. The molecule has 1 aliphatic heterocycles. The molecule has 0 bridgehead atoms. The number of aryl methyl sites for hydroxylation is 3. The van der Waals surface area contributed by atoms with Crippen molar-refractivity contribution in [1.82, 2.24) is 20.5 Å². The third kappa shape index (κ3) is 16.3. The van der Waals surface area contributed by atoms with Crippen LogP contribution in [0.4, 0.5) is 0 Å². The smallest absolute Gasteiger partial charge is 0.225 e. The zero-order chi connectivity index (χ0) is 37.8. The van der Waals surface area contributed by atoms with Gasteiger partial charge in [0.2, 0.25) is 24.1 Å². The van der Waals surface area contributed by atoms with Crippen molar-refractivity contribution in [1.29, 1.82) is 0 Å². The van der Waals surface area contributed by atoms with E-state index in [-0.39, 0.29) is 30.9 Å². The zero-order valence-corrected chi connectivity index (χ0v) is 32.6. The summed E-state index contributed by atoms with van der Waals surface area (Å²) < 4.78 is 5.69. The van der Waals surface area contributed by atoms with Crippen molar-refractivity contribution >= 4 is 47.1 Å². The molecule has 2 aromatic carbocycles. The number of likely N-dealkylation sites (tertiary alicyclic amines) is 1. The minimum absolute atomic E-state index is 0.0132. The predicted molar refractivity (Wildman–Crippen MR) is 207 cm³/mol. The molecular formula is C39H56ClN5O5S. The molecule has 51 heavy (non-hydrogen) atoms. The summed E-state index contributed by atoms with van der Waals surface area (Å²) >= 11 is 8.05. The average Bonchev–Trinajstić information content (AvgIpc) is 3.80. The maximum atomic E-state index is 11.8. The number of nitrogens with two attached hydrogens (primary N) is 1. The van der Waals surface area contributed by atoms with Crippen molar-refractivity contribution in [3.8, 4) is 16.2 Å². The summed E-state index contributed by atoms with van der Waals surface area (Å²) in [6.45, 7) is 12.7. The number of carbonyl (C=O) groups is 4. The summed E-state index contributed by atoms with van der Waals surface area (Å²) in [4.78, 5) is 52.1. The SMILES string of the molecule is CC(C)CC(C)C(=O)N1CCCC1.CNC(=O)CCCc1cccc(OCC(CCC(N)=O)NC=O)c1Cl.Cc1ccc(-c2scnc2C)cc1. The number of hydrogen-bond acceptors (Lipinski definition) is 7. The van der Waals surface area contributed by atoms with E-state index in [0.29, 0.717) is 54.7 Å². The van der Waals surface area contributed by atoms with Crippen molar-refractivity contribution < 1.29 is 23.9 Å². The molecule has 4 N–H and O–H groups in total. The molecule has 4 rings (SSSR count). The van der Waals surface area contributed by atoms with Crippen LogP contribution >= 0.6 is 22.9 Å². The first-order valence-corrected chi connectivity index (χ1v) is 19.0. The minimum atomic E-state index is -0.436. The second-order valence-corrected chi connectivity index (χ2v) is 14.5. The lowest BCUT2D eigenvalue weighted by Gasteiger charge is -2.21. The summed E-state index contributed by atoms with van der Waals surface area (Å²) in [6.07, 6.45) is 6.27. The Balaban J connectivity index is 0.000000290. The summed E-state index contributed by atoms with van der Waals surface area (Å²) in [5, 5.41) is 5.66. The van der Waals surface area contributed by atoms with Crippen LogP contribution in [0.1, 0.15) is 82.5 Å². The molecular weight excluding hydrogens is 686 g/mol. The van der Waals surface area contributed by atoms with Crippen molar-refractivity contribution in [2.75, 3.05) is 26.7 Å². The van der Waals surface area contributed by atoms with Gasteiger partial charge in [-0.15, -0.1) is 11.3 Å². The lowest BCUT2D eigenvalue weighted by Crippen LogP contribution is -2.34. The maximum absolute atomic E-state index is 11.8. The summed E-state index contributed by atoms with van der Waals surface area (Å²) in [5.41, 5.74) is 11.6. The fraction of sp³-hybridized carbons (Fsp3) is 0.513. The van der Waals surface area contributed by atoms with Crippen LogP contribution in [0.15, 0.2) is 48.0 Å². The molecule has 10 nitrogen and oxygen atoms in total. The van der Waals surface area contributed by atoms with Crippen molar-refractivity contribution in [3.63, 3.8) is 0 Å². The van der Waals surface area contributed by atoms with E-state index in [1.165, 1.54) is 28.8 Å². The highest BCUT2D eigenvalue weighted by molar-refractivity contribution is 7.13. The Labute approximate surface area is 312 Å². The van der Waals surface area contributed by atoms with Crippen LogP contribution in [-0.4, -0.2) is 66.8 Å². The molecule has 1 aromatic heterocycles.